The number of ether oxygens (including phenoxy) is 2. The monoisotopic (exact) mass is 812 g/mol. The summed E-state index contributed by atoms with van der Waals surface area (Å²) in [5.74, 6) is -0.913. The largest absolute Gasteiger partial charge is 0.756 e. The molecule has 1 N–H and O–H groups in total. The summed E-state index contributed by atoms with van der Waals surface area (Å²) in [5.41, 5.74) is 0. The fourth-order valence-electron chi connectivity index (χ4n) is 5.68. The predicted molar refractivity (Wildman–Crippen MR) is 228 cm³/mol. The van der Waals surface area contributed by atoms with Gasteiger partial charge in [0.1, 0.15) is 19.8 Å². The van der Waals surface area contributed by atoms with Gasteiger partial charge < -0.3 is 33.0 Å². The number of phosphoric ester groups is 1. The van der Waals surface area contributed by atoms with Crippen molar-refractivity contribution in [2.75, 3.05) is 54.1 Å². The van der Waals surface area contributed by atoms with Crippen LogP contribution in [0.2, 0.25) is 0 Å². The van der Waals surface area contributed by atoms with Crippen molar-refractivity contribution in [3.63, 3.8) is 0 Å². The van der Waals surface area contributed by atoms with Crippen LogP contribution < -0.4 is 4.89 Å². The van der Waals surface area contributed by atoms with E-state index in [-0.39, 0.29) is 32.7 Å². The van der Waals surface area contributed by atoms with E-state index >= 15 is 0 Å². The first-order chi connectivity index (χ1) is 27.0. The molecule has 0 aliphatic heterocycles. The molecule has 0 aliphatic carbocycles. The highest BCUT2D eigenvalue weighted by atomic mass is 31.2. The van der Waals surface area contributed by atoms with E-state index in [0.717, 1.165) is 64.2 Å². The van der Waals surface area contributed by atoms with Crippen LogP contribution in [0.15, 0.2) is 48.6 Å². The molecule has 0 aliphatic rings. The first-order valence-corrected chi connectivity index (χ1v) is 23.4. The molecule has 0 aromatic carbocycles. The maximum atomic E-state index is 12.6. The predicted octanol–water partition coefficient (Wildman–Crippen LogP) is 10.6. The van der Waals surface area contributed by atoms with Gasteiger partial charge in [-0.2, -0.15) is 0 Å². The minimum absolute atomic E-state index is 0.0463. The Bertz CT molecular complexity index is 1100. The number of hydrogen-bond donors (Lipinski definition) is 1. The Labute approximate surface area is 342 Å². The SMILES string of the molecule is CCCCCCCCCCCCCCCCC(=O)OC[C@H](COP(=O)([O-])OCC[N+](C)(C)C)OC(=O)CCC/C=C\C/C=C\C/C=C\C/C=C\CCCCCO. The molecule has 0 heterocycles. The Morgan fingerprint density at radius 3 is 1.59 bits per heavy atom. The number of aliphatic hydroxyl groups is 1. The van der Waals surface area contributed by atoms with Gasteiger partial charge in [-0.05, 0) is 57.8 Å². The van der Waals surface area contributed by atoms with Crippen LogP contribution >= 0.6 is 7.82 Å². The van der Waals surface area contributed by atoms with Crippen molar-refractivity contribution < 1.29 is 47.2 Å². The zero-order valence-corrected chi connectivity index (χ0v) is 36.9. The lowest BCUT2D eigenvalue weighted by Gasteiger charge is -2.28. The summed E-state index contributed by atoms with van der Waals surface area (Å²) in [4.78, 5) is 37.5. The molecule has 0 amide bonds. The second-order valence-corrected chi connectivity index (χ2v) is 17.2. The fourth-order valence-corrected chi connectivity index (χ4v) is 6.41. The van der Waals surface area contributed by atoms with Gasteiger partial charge in [-0.1, -0.05) is 145 Å². The molecule has 0 saturated carbocycles. The first kappa shape index (κ1) is 53.9. The first-order valence-electron chi connectivity index (χ1n) is 22.0. The number of nitrogens with zero attached hydrogens (tertiary/aromatic N) is 1. The Hall–Kier alpha value is -2.07. The molecular formula is C45H82NO9P. The van der Waals surface area contributed by atoms with E-state index < -0.39 is 32.5 Å². The van der Waals surface area contributed by atoms with Crippen LogP contribution in [0.1, 0.15) is 167 Å². The van der Waals surface area contributed by atoms with E-state index in [1.807, 2.05) is 27.2 Å². The molecule has 0 fully saturated rings. The van der Waals surface area contributed by atoms with E-state index in [2.05, 4.69) is 49.5 Å². The molecule has 2 atom stereocenters. The van der Waals surface area contributed by atoms with Gasteiger partial charge in [-0.3, -0.25) is 14.2 Å². The number of rotatable bonds is 40. The molecule has 11 heteroatoms. The van der Waals surface area contributed by atoms with Gasteiger partial charge in [-0.15, -0.1) is 0 Å². The van der Waals surface area contributed by atoms with Gasteiger partial charge in [0.15, 0.2) is 6.10 Å². The number of quaternary nitrogens is 1. The molecule has 10 nitrogen and oxygen atoms in total. The third-order valence-electron chi connectivity index (χ3n) is 9.16. The summed E-state index contributed by atoms with van der Waals surface area (Å²) in [6.07, 6.45) is 41.5. The average molecular weight is 812 g/mol. The Balaban J connectivity index is 4.45. The van der Waals surface area contributed by atoms with Gasteiger partial charge >= 0.3 is 11.9 Å². The molecule has 1 unspecified atom stereocenters. The Morgan fingerprint density at radius 1 is 0.607 bits per heavy atom. The van der Waals surface area contributed by atoms with Crippen LogP contribution in [0.3, 0.4) is 0 Å². The second-order valence-electron chi connectivity index (χ2n) is 15.8. The fraction of sp³-hybridized carbons (Fsp3) is 0.778. The maximum Gasteiger partial charge on any atom is 0.306 e. The average Bonchev–Trinajstić information content (AvgIpc) is 3.15. The maximum absolute atomic E-state index is 12.6. The van der Waals surface area contributed by atoms with Crippen molar-refractivity contribution in [3.05, 3.63) is 48.6 Å². The van der Waals surface area contributed by atoms with Crippen LogP contribution in [0.4, 0.5) is 0 Å². The minimum Gasteiger partial charge on any atom is -0.756 e. The van der Waals surface area contributed by atoms with Crippen molar-refractivity contribution in [1.82, 2.24) is 0 Å². The lowest BCUT2D eigenvalue weighted by molar-refractivity contribution is -0.870. The van der Waals surface area contributed by atoms with E-state index in [9.17, 15) is 19.0 Å². The molecule has 326 valence electrons. The molecule has 0 spiro atoms. The van der Waals surface area contributed by atoms with Crippen molar-refractivity contribution in [2.45, 2.75) is 174 Å². The molecule has 0 radical (unpaired) electrons. The van der Waals surface area contributed by atoms with Crippen LogP contribution in [0, 0.1) is 0 Å². The lowest BCUT2D eigenvalue weighted by Crippen LogP contribution is -2.37. The van der Waals surface area contributed by atoms with Crippen LogP contribution in [0.25, 0.3) is 0 Å². The van der Waals surface area contributed by atoms with Crippen molar-refractivity contribution in [1.29, 1.82) is 0 Å². The van der Waals surface area contributed by atoms with E-state index in [0.29, 0.717) is 23.9 Å². The molecule has 0 aromatic heterocycles. The van der Waals surface area contributed by atoms with Crippen LogP contribution in [0.5, 0.6) is 0 Å². The lowest BCUT2D eigenvalue weighted by atomic mass is 10.0. The molecule has 0 aromatic rings. The number of allylic oxidation sites excluding steroid dienone is 8. The number of phosphoric acid groups is 1. The zero-order chi connectivity index (χ0) is 41.4. The molecule has 0 rings (SSSR count). The van der Waals surface area contributed by atoms with Gasteiger partial charge in [0.2, 0.25) is 0 Å². The van der Waals surface area contributed by atoms with Crippen molar-refractivity contribution in [2.24, 2.45) is 0 Å². The van der Waals surface area contributed by atoms with Gasteiger partial charge in [-0.25, -0.2) is 0 Å². The van der Waals surface area contributed by atoms with Crippen LogP contribution in [-0.4, -0.2) is 81.7 Å². The summed E-state index contributed by atoms with van der Waals surface area (Å²) in [7, 11) is 1.11. The standard InChI is InChI=1S/C45H82NO9P/c1-5-6-7-8-9-10-11-12-18-21-24-27-30-33-36-44(48)52-41-43(42-54-56(50,51)53-40-38-46(2,3)4)55-45(49)37-34-31-28-25-22-19-16-14-13-15-17-20-23-26-29-32-35-39-47/h13,15-16,19-20,23,25,28,43,47H,5-12,14,17-18,21-22,24,26-27,29-42H2,1-4H3/b15-13-,19-16-,23-20-,28-25-/t43-/m1/s1. The quantitative estimate of drug-likeness (QED) is 0.0211. The minimum atomic E-state index is -4.64. The van der Waals surface area contributed by atoms with Crippen LogP contribution in [-0.2, 0) is 32.7 Å². The van der Waals surface area contributed by atoms with Crippen molar-refractivity contribution in [3.8, 4) is 0 Å². The number of carbonyl (C=O) groups excluding carboxylic acids is 2. The summed E-state index contributed by atoms with van der Waals surface area (Å²) in [6, 6.07) is 0. The number of likely N-dealkylation sites (N-methyl/N-ethyl adjacent to an activating group) is 1. The number of unbranched alkanes of at least 4 members (excludes halogenated alkanes) is 17. The Morgan fingerprint density at radius 2 is 1.07 bits per heavy atom. The van der Waals surface area contributed by atoms with E-state index in [4.69, 9.17) is 23.6 Å². The highest BCUT2D eigenvalue weighted by Gasteiger charge is 2.21. The molecule has 0 saturated heterocycles. The number of esters is 2. The topological polar surface area (TPSA) is 131 Å². The molecule has 56 heavy (non-hydrogen) atoms. The Kier molecular flexibility index (Phi) is 37.0. The molecule has 0 bridgehead atoms. The number of aliphatic hydroxyl groups excluding tert-OH is 1. The third-order valence-corrected chi connectivity index (χ3v) is 10.1. The summed E-state index contributed by atoms with van der Waals surface area (Å²) in [6.45, 7) is 2.16. The third kappa shape index (κ3) is 41.6. The van der Waals surface area contributed by atoms with Gasteiger partial charge in [0.25, 0.3) is 7.82 Å². The number of carbonyl (C=O) groups is 2. The second kappa shape index (κ2) is 38.4. The van der Waals surface area contributed by atoms with Crippen molar-refractivity contribution >= 4 is 19.8 Å². The highest BCUT2D eigenvalue weighted by Crippen LogP contribution is 2.38. The summed E-state index contributed by atoms with van der Waals surface area (Å²) < 4.78 is 33.8. The summed E-state index contributed by atoms with van der Waals surface area (Å²) >= 11 is 0. The van der Waals surface area contributed by atoms with E-state index in [1.165, 1.54) is 70.6 Å². The highest BCUT2D eigenvalue weighted by molar-refractivity contribution is 7.45. The van der Waals surface area contributed by atoms with Gasteiger partial charge in [0, 0.05) is 19.4 Å². The zero-order valence-electron chi connectivity index (χ0n) is 36.0. The van der Waals surface area contributed by atoms with E-state index in [1.54, 1.807) is 0 Å². The molecular weight excluding hydrogens is 729 g/mol. The summed E-state index contributed by atoms with van der Waals surface area (Å²) in [5, 5.41) is 8.80. The number of hydrogen-bond acceptors (Lipinski definition) is 9. The van der Waals surface area contributed by atoms with Gasteiger partial charge in [0.05, 0.1) is 27.7 Å². The smallest absolute Gasteiger partial charge is 0.306 e. The normalized spacial score (nSPS) is 14.0.